The van der Waals surface area contributed by atoms with Gasteiger partial charge in [-0.05, 0) is 57.1 Å². The lowest BCUT2D eigenvalue weighted by Gasteiger charge is -2.40. The number of aromatic nitrogens is 1. The SMILES string of the molecule is CCOC[C@]1(C(=O)N2CCN(c3cc(C(F)(F)F)ccn3)CC2)CC[C@@H](NC2CCOCC2CC)C1. The molecule has 0 bridgehead atoms. The average Bonchev–Trinajstić information content (AvgIpc) is 3.31. The monoisotopic (exact) mass is 512 g/mol. The topological polar surface area (TPSA) is 66.9 Å². The number of carbonyl (C=O) groups is 1. The number of halogens is 3. The Morgan fingerprint density at radius 3 is 2.72 bits per heavy atom. The van der Waals surface area contributed by atoms with Crippen molar-refractivity contribution in [3.05, 3.63) is 23.9 Å². The summed E-state index contributed by atoms with van der Waals surface area (Å²) in [7, 11) is 0. The molecule has 3 heterocycles. The highest BCUT2D eigenvalue weighted by atomic mass is 19.4. The van der Waals surface area contributed by atoms with Crippen LogP contribution in [0.5, 0.6) is 0 Å². The van der Waals surface area contributed by atoms with Crippen LogP contribution in [0, 0.1) is 11.3 Å². The summed E-state index contributed by atoms with van der Waals surface area (Å²) in [5, 5.41) is 3.84. The highest BCUT2D eigenvalue weighted by molar-refractivity contribution is 5.83. The Morgan fingerprint density at radius 1 is 1.25 bits per heavy atom. The zero-order chi connectivity index (χ0) is 25.8. The minimum Gasteiger partial charge on any atom is -0.381 e. The number of hydrogen-bond donors (Lipinski definition) is 1. The maximum atomic E-state index is 13.8. The predicted octanol–water partition coefficient (Wildman–Crippen LogP) is 3.73. The molecule has 202 valence electrons. The molecule has 1 aliphatic carbocycles. The van der Waals surface area contributed by atoms with Crippen molar-refractivity contribution in [1.82, 2.24) is 15.2 Å². The van der Waals surface area contributed by atoms with Crippen LogP contribution in [0.15, 0.2) is 18.3 Å². The lowest BCUT2D eigenvalue weighted by atomic mass is 9.84. The Morgan fingerprint density at radius 2 is 2.03 bits per heavy atom. The molecule has 1 saturated carbocycles. The van der Waals surface area contributed by atoms with Crippen LogP contribution < -0.4 is 10.2 Å². The second-order valence-corrected chi connectivity index (χ2v) is 10.3. The number of amides is 1. The van der Waals surface area contributed by atoms with E-state index in [9.17, 15) is 18.0 Å². The number of ether oxygens (including phenoxy) is 2. The normalized spacial score (nSPS) is 29.5. The van der Waals surface area contributed by atoms with E-state index in [4.69, 9.17) is 9.47 Å². The van der Waals surface area contributed by atoms with Crippen LogP contribution >= 0.6 is 0 Å². The van der Waals surface area contributed by atoms with Gasteiger partial charge >= 0.3 is 6.18 Å². The number of anilines is 1. The van der Waals surface area contributed by atoms with E-state index in [1.54, 1.807) is 0 Å². The van der Waals surface area contributed by atoms with Gasteiger partial charge in [0.2, 0.25) is 5.91 Å². The largest absolute Gasteiger partial charge is 0.416 e. The molecule has 3 fully saturated rings. The molecule has 0 radical (unpaired) electrons. The molecule has 1 aromatic rings. The summed E-state index contributed by atoms with van der Waals surface area (Å²) in [5.74, 6) is 0.901. The van der Waals surface area contributed by atoms with Gasteiger partial charge in [0.15, 0.2) is 0 Å². The van der Waals surface area contributed by atoms with E-state index in [-0.39, 0.29) is 11.9 Å². The molecule has 36 heavy (non-hydrogen) atoms. The molecule has 1 aromatic heterocycles. The van der Waals surface area contributed by atoms with Crippen LogP contribution in [0.2, 0.25) is 0 Å². The fraction of sp³-hybridized carbons (Fsp3) is 0.769. The maximum absolute atomic E-state index is 13.8. The molecule has 10 heteroatoms. The van der Waals surface area contributed by atoms with Gasteiger partial charge in [-0.3, -0.25) is 4.79 Å². The first-order valence-corrected chi connectivity index (χ1v) is 13.2. The van der Waals surface area contributed by atoms with Gasteiger partial charge in [0.25, 0.3) is 0 Å². The molecule has 0 spiro atoms. The lowest BCUT2D eigenvalue weighted by Crippen LogP contribution is -2.54. The van der Waals surface area contributed by atoms with Crippen LogP contribution in [0.4, 0.5) is 19.0 Å². The van der Waals surface area contributed by atoms with E-state index < -0.39 is 17.2 Å². The van der Waals surface area contributed by atoms with E-state index in [1.165, 1.54) is 6.20 Å². The van der Waals surface area contributed by atoms with Crippen molar-refractivity contribution < 1.29 is 27.4 Å². The summed E-state index contributed by atoms with van der Waals surface area (Å²) < 4.78 is 50.8. The first-order chi connectivity index (χ1) is 17.3. The first-order valence-electron chi connectivity index (χ1n) is 13.2. The number of nitrogens with zero attached hydrogens (tertiary/aromatic N) is 3. The molecule has 4 atom stereocenters. The first kappa shape index (κ1) is 27.1. The predicted molar refractivity (Wildman–Crippen MR) is 131 cm³/mol. The summed E-state index contributed by atoms with van der Waals surface area (Å²) >= 11 is 0. The van der Waals surface area contributed by atoms with Gasteiger partial charge in [-0.15, -0.1) is 0 Å². The third kappa shape index (κ3) is 6.14. The summed E-state index contributed by atoms with van der Waals surface area (Å²) in [6, 6.07) is 2.74. The second-order valence-electron chi connectivity index (χ2n) is 10.3. The third-order valence-corrected chi connectivity index (χ3v) is 8.06. The number of hydrogen-bond acceptors (Lipinski definition) is 6. The van der Waals surface area contributed by atoms with E-state index in [0.29, 0.717) is 57.2 Å². The standard InChI is InChI=1S/C26H39F3N4O3/c1-3-19-17-36-14-7-22(19)31-21-5-8-25(16-21,18-35-4-2)24(34)33-12-10-32(11-13-33)23-15-20(6-9-30-23)26(27,28)29/h6,9,15,19,21-22,31H,3-5,7-8,10-14,16-18H2,1-2H3/t19?,21-,22?,25+/m1/s1. The summed E-state index contributed by atoms with van der Waals surface area (Å²) in [4.78, 5) is 21.7. The molecule has 2 saturated heterocycles. The molecule has 2 aliphatic heterocycles. The number of nitrogens with one attached hydrogen (secondary N) is 1. The fourth-order valence-electron chi connectivity index (χ4n) is 5.92. The van der Waals surface area contributed by atoms with Crippen LogP contribution in [-0.4, -0.2) is 80.5 Å². The van der Waals surface area contributed by atoms with Gasteiger partial charge in [-0.2, -0.15) is 13.2 Å². The number of alkyl halides is 3. The van der Waals surface area contributed by atoms with E-state index in [2.05, 4.69) is 17.2 Å². The highest BCUT2D eigenvalue weighted by Crippen LogP contribution is 2.41. The van der Waals surface area contributed by atoms with E-state index in [1.807, 2.05) is 16.7 Å². The molecule has 2 unspecified atom stereocenters. The van der Waals surface area contributed by atoms with Gasteiger partial charge in [-0.1, -0.05) is 6.92 Å². The molecular weight excluding hydrogens is 473 g/mol. The molecule has 4 rings (SSSR count). The number of pyridine rings is 1. The minimum atomic E-state index is -4.41. The number of piperazine rings is 1. The Labute approximate surface area is 211 Å². The Hall–Kier alpha value is -1.91. The quantitative estimate of drug-likeness (QED) is 0.573. The average molecular weight is 513 g/mol. The van der Waals surface area contributed by atoms with Crippen LogP contribution in [0.1, 0.15) is 51.5 Å². The van der Waals surface area contributed by atoms with Gasteiger partial charge in [0, 0.05) is 57.7 Å². The molecule has 7 nitrogen and oxygen atoms in total. The number of rotatable bonds is 8. The Balaban J connectivity index is 1.38. The summed E-state index contributed by atoms with van der Waals surface area (Å²) in [5.41, 5.74) is -1.27. The highest BCUT2D eigenvalue weighted by Gasteiger charge is 2.48. The minimum absolute atomic E-state index is 0.107. The summed E-state index contributed by atoms with van der Waals surface area (Å²) in [6.07, 6.45) is 1.30. The Kier molecular flexibility index (Phi) is 8.78. The molecule has 1 amide bonds. The zero-order valence-electron chi connectivity index (χ0n) is 21.4. The van der Waals surface area contributed by atoms with Crippen molar-refractivity contribution in [2.75, 3.05) is 57.5 Å². The van der Waals surface area contributed by atoms with E-state index in [0.717, 1.165) is 57.5 Å². The second kappa shape index (κ2) is 11.6. The number of carbonyl (C=O) groups excluding carboxylic acids is 1. The van der Waals surface area contributed by atoms with Crippen molar-refractivity contribution in [3.63, 3.8) is 0 Å². The summed E-state index contributed by atoms with van der Waals surface area (Å²) in [6.45, 7) is 8.48. The van der Waals surface area contributed by atoms with Crippen molar-refractivity contribution in [2.24, 2.45) is 11.3 Å². The van der Waals surface area contributed by atoms with Crippen molar-refractivity contribution in [2.45, 2.75) is 64.2 Å². The van der Waals surface area contributed by atoms with Gasteiger partial charge in [0.05, 0.1) is 24.2 Å². The van der Waals surface area contributed by atoms with Crippen molar-refractivity contribution in [1.29, 1.82) is 0 Å². The van der Waals surface area contributed by atoms with Gasteiger partial charge in [0.1, 0.15) is 5.82 Å². The molecule has 3 aliphatic rings. The fourth-order valence-corrected chi connectivity index (χ4v) is 5.92. The van der Waals surface area contributed by atoms with Crippen LogP contribution in [-0.2, 0) is 20.4 Å². The Bertz CT molecular complexity index is 878. The third-order valence-electron chi connectivity index (χ3n) is 8.06. The molecule has 0 aromatic carbocycles. The maximum Gasteiger partial charge on any atom is 0.416 e. The van der Waals surface area contributed by atoms with Gasteiger partial charge in [-0.25, -0.2) is 4.98 Å². The van der Waals surface area contributed by atoms with Crippen LogP contribution in [0.25, 0.3) is 0 Å². The van der Waals surface area contributed by atoms with Gasteiger partial charge < -0.3 is 24.6 Å². The van der Waals surface area contributed by atoms with Crippen LogP contribution in [0.3, 0.4) is 0 Å². The van der Waals surface area contributed by atoms with Crippen molar-refractivity contribution in [3.8, 4) is 0 Å². The van der Waals surface area contributed by atoms with Crippen molar-refractivity contribution >= 4 is 11.7 Å². The lowest BCUT2D eigenvalue weighted by molar-refractivity contribution is -0.146. The van der Waals surface area contributed by atoms with E-state index >= 15 is 0 Å². The molecule has 1 N–H and O–H groups in total. The zero-order valence-corrected chi connectivity index (χ0v) is 21.4. The molecular formula is C26H39F3N4O3. The smallest absolute Gasteiger partial charge is 0.381 e.